The molecule has 2 aromatic rings. The lowest BCUT2D eigenvalue weighted by Gasteiger charge is -2.13. The third kappa shape index (κ3) is 2.96. The smallest absolute Gasteiger partial charge is 0.270 e. The van der Waals surface area contributed by atoms with Crippen molar-refractivity contribution in [3.8, 4) is 0 Å². The SMILES string of the molecule is CC(Nc1ccc([N+](=O)[O-])cc1I)c1nccs1. The predicted molar refractivity (Wildman–Crippen MR) is 80.0 cm³/mol. The lowest BCUT2D eigenvalue weighted by molar-refractivity contribution is -0.384. The van der Waals surface area contributed by atoms with Gasteiger partial charge >= 0.3 is 0 Å². The maximum Gasteiger partial charge on any atom is 0.270 e. The molecule has 1 unspecified atom stereocenters. The lowest BCUT2D eigenvalue weighted by atomic mass is 10.2. The zero-order valence-electron chi connectivity index (χ0n) is 9.46. The summed E-state index contributed by atoms with van der Waals surface area (Å²) in [4.78, 5) is 14.5. The van der Waals surface area contributed by atoms with Crippen LogP contribution in [0.25, 0.3) is 0 Å². The minimum absolute atomic E-state index is 0.0833. The molecule has 0 saturated carbocycles. The fourth-order valence-corrected chi connectivity index (χ4v) is 2.78. The van der Waals surface area contributed by atoms with E-state index in [-0.39, 0.29) is 11.7 Å². The highest BCUT2D eigenvalue weighted by molar-refractivity contribution is 14.1. The molecule has 0 bridgehead atoms. The van der Waals surface area contributed by atoms with Crippen LogP contribution in [0.4, 0.5) is 11.4 Å². The fraction of sp³-hybridized carbons (Fsp3) is 0.182. The summed E-state index contributed by atoms with van der Waals surface area (Å²) < 4.78 is 0.824. The summed E-state index contributed by atoms with van der Waals surface area (Å²) in [5.41, 5.74) is 0.982. The average molecular weight is 375 g/mol. The maximum atomic E-state index is 10.6. The number of thiazole rings is 1. The van der Waals surface area contributed by atoms with Crippen molar-refractivity contribution in [3.63, 3.8) is 0 Å². The molecule has 0 fully saturated rings. The van der Waals surface area contributed by atoms with E-state index in [2.05, 4.69) is 32.9 Å². The van der Waals surface area contributed by atoms with Crippen LogP contribution >= 0.6 is 33.9 Å². The highest BCUT2D eigenvalue weighted by atomic mass is 127. The highest BCUT2D eigenvalue weighted by Gasteiger charge is 2.12. The first-order valence-corrected chi connectivity index (χ1v) is 7.13. The van der Waals surface area contributed by atoms with Crippen molar-refractivity contribution < 1.29 is 4.92 Å². The van der Waals surface area contributed by atoms with Crippen molar-refractivity contribution in [2.45, 2.75) is 13.0 Å². The van der Waals surface area contributed by atoms with Crippen LogP contribution in [0.15, 0.2) is 29.8 Å². The summed E-state index contributed by atoms with van der Waals surface area (Å²) in [7, 11) is 0. The summed E-state index contributed by atoms with van der Waals surface area (Å²) in [6.45, 7) is 2.01. The molecular weight excluding hydrogens is 365 g/mol. The molecule has 0 saturated heterocycles. The number of nitro groups is 1. The molecule has 1 aromatic carbocycles. The Kier molecular flexibility index (Phi) is 4.12. The average Bonchev–Trinajstić information content (AvgIpc) is 2.85. The molecule has 1 aromatic heterocycles. The van der Waals surface area contributed by atoms with Crippen molar-refractivity contribution in [2.75, 3.05) is 5.32 Å². The number of hydrogen-bond donors (Lipinski definition) is 1. The number of nitrogens with one attached hydrogen (secondary N) is 1. The van der Waals surface area contributed by atoms with Gasteiger partial charge in [0, 0.05) is 33.0 Å². The predicted octanol–water partition coefficient (Wildman–Crippen LogP) is 3.83. The molecule has 94 valence electrons. The second kappa shape index (κ2) is 5.61. The molecule has 7 heteroatoms. The van der Waals surface area contributed by atoms with Crippen LogP contribution in [0, 0.1) is 13.7 Å². The Morgan fingerprint density at radius 2 is 2.33 bits per heavy atom. The van der Waals surface area contributed by atoms with Crippen LogP contribution < -0.4 is 5.32 Å². The first-order chi connectivity index (χ1) is 8.58. The largest absolute Gasteiger partial charge is 0.375 e. The van der Waals surface area contributed by atoms with Gasteiger partial charge in [0.15, 0.2) is 0 Å². The Bertz CT molecular complexity index is 559. The second-order valence-corrected chi connectivity index (χ2v) is 5.75. The quantitative estimate of drug-likeness (QED) is 0.501. The van der Waals surface area contributed by atoms with Crippen molar-refractivity contribution in [2.24, 2.45) is 0 Å². The van der Waals surface area contributed by atoms with E-state index in [4.69, 9.17) is 0 Å². The maximum absolute atomic E-state index is 10.6. The molecule has 0 aliphatic carbocycles. The second-order valence-electron chi connectivity index (χ2n) is 3.66. The molecule has 5 nitrogen and oxygen atoms in total. The number of nitrogens with zero attached hydrogens (tertiary/aromatic N) is 2. The topological polar surface area (TPSA) is 68.1 Å². The van der Waals surface area contributed by atoms with Gasteiger partial charge in [-0.3, -0.25) is 10.1 Å². The van der Waals surface area contributed by atoms with Gasteiger partial charge in [0.2, 0.25) is 0 Å². The van der Waals surface area contributed by atoms with Crippen molar-refractivity contribution in [1.82, 2.24) is 4.98 Å². The van der Waals surface area contributed by atoms with Gasteiger partial charge in [0.25, 0.3) is 5.69 Å². The third-order valence-corrected chi connectivity index (χ3v) is 4.21. The van der Waals surface area contributed by atoms with Gasteiger partial charge in [-0.1, -0.05) is 0 Å². The van der Waals surface area contributed by atoms with E-state index in [1.54, 1.807) is 29.7 Å². The fourth-order valence-electron chi connectivity index (χ4n) is 1.48. The van der Waals surface area contributed by atoms with E-state index in [0.717, 1.165) is 14.3 Å². The minimum atomic E-state index is -0.393. The highest BCUT2D eigenvalue weighted by Crippen LogP contribution is 2.27. The first-order valence-electron chi connectivity index (χ1n) is 5.18. The number of anilines is 1. The zero-order chi connectivity index (χ0) is 13.1. The molecule has 2 rings (SSSR count). The van der Waals surface area contributed by atoms with Crippen LogP contribution in [-0.4, -0.2) is 9.91 Å². The van der Waals surface area contributed by atoms with Crippen LogP contribution in [0.1, 0.15) is 18.0 Å². The van der Waals surface area contributed by atoms with Crippen LogP contribution in [0.5, 0.6) is 0 Å². The van der Waals surface area contributed by atoms with Gasteiger partial charge in [-0.2, -0.15) is 0 Å². The molecule has 1 atom stereocenters. The molecule has 0 aliphatic heterocycles. The van der Waals surface area contributed by atoms with Gasteiger partial charge in [0.1, 0.15) is 5.01 Å². The van der Waals surface area contributed by atoms with Crippen LogP contribution in [-0.2, 0) is 0 Å². The minimum Gasteiger partial charge on any atom is -0.375 e. The first kappa shape index (κ1) is 13.2. The number of hydrogen-bond acceptors (Lipinski definition) is 5. The molecule has 0 aliphatic rings. The van der Waals surface area contributed by atoms with Gasteiger partial charge in [-0.05, 0) is 35.6 Å². The Hall–Kier alpha value is -1.22. The zero-order valence-corrected chi connectivity index (χ0v) is 12.4. The molecule has 1 heterocycles. The van der Waals surface area contributed by atoms with Crippen molar-refractivity contribution >= 4 is 45.3 Å². The van der Waals surface area contributed by atoms with E-state index in [9.17, 15) is 10.1 Å². The molecule has 1 N–H and O–H groups in total. The van der Waals surface area contributed by atoms with Crippen LogP contribution in [0.3, 0.4) is 0 Å². The number of rotatable bonds is 4. The monoisotopic (exact) mass is 375 g/mol. The van der Waals surface area contributed by atoms with Crippen LogP contribution in [0.2, 0.25) is 0 Å². The standard InChI is InChI=1S/C11H10IN3O2S/c1-7(11-13-4-5-18-11)14-10-3-2-8(15(16)17)6-9(10)12/h2-7,14H,1H3. The Morgan fingerprint density at radius 3 is 2.89 bits per heavy atom. The van der Waals surface area contributed by atoms with Gasteiger partial charge in [-0.25, -0.2) is 4.98 Å². The number of aromatic nitrogens is 1. The molecule has 18 heavy (non-hydrogen) atoms. The van der Waals surface area contributed by atoms with Crippen molar-refractivity contribution in [1.29, 1.82) is 0 Å². The normalized spacial score (nSPS) is 12.1. The lowest BCUT2D eigenvalue weighted by Crippen LogP contribution is -2.07. The number of halogens is 1. The Labute approximate surface area is 122 Å². The summed E-state index contributed by atoms with van der Waals surface area (Å²) in [5, 5.41) is 16.9. The summed E-state index contributed by atoms with van der Waals surface area (Å²) in [5.74, 6) is 0. The summed E-state index contributed by atoms with van der Waals surface area (Å²) in [6, 6.07) is 4.86. The van der Waals surface area contributed by atoms with E-state index in [0.29, 0.717) is 0 Å². The van der Waals surface area contributed by atoms with Gasteiger partial charge in [-0.15, -0.1) is 11.3 Å². The van der Waals surface area contributed by atoms with Gasteiger partial charge < -0.3 is 5.32 Å². The summed E-state index contributed by atoms with van der Waals surface area (Å²) >= 11 is 3.67. The van der Waals surface area contributed by atoms with E-state index < -0.39 is 4.92 Å². The Balaban J connectivity index is 2.17. The van der Waals surface area contributed by atoms with E-state index >= 15 is 0 Å². The van der Waals surface area contributed by atoms with E-state index in [1.165, 1.54) is 6.07 Å². The molecule has 0 radical (unpaired) electrons. The number of non-ortho nitro benzene ring substituents is 1. The number of benzene rings is 1. The summed E-state index contributed by atoms with van der Waals surface area (Å²) in [6.07, 6.45) is 1.76. The molecule has 0 spiro atoms. The molecule has 0 amide bonds. The third-order valence-electron chi connectivity index (χ3n) is 2.36. The van der Waals surface area contributed by atoms with Crippen molar-refractivity contribution in [3.05, 3.63) is 48.5 Å². The number of nitro benzene ring substituents is 1. The van der Waals surface area contributed by atoms with E-state index in [1.807, 2.05) is 12.3 Å². The van der Waals surface area contributed by atoms with Gasteiger partial charge in [0.05, 0.1) is 11.0 Å². The molecular formula is C11H10IN3O2S. The Morgan fingerprint density at radius 1 is 1.56 bits per heavy atom.